The number of carbonyl (C=O) groups is 3. The van der Waals surface area contributed by atoms with E-state index in [9.17, 15) is 40.1 Å². The van der Waals surface area contributed by atoms with Crippen molar-refractivity contribution in [3.63, 3.8) is 0 Å². The van der Waals surface area contributed by atoms with E-state index in [2.05, 4.69) is 0 Å². The number of carbonyl (C=O) groups excluding carboxylic acids is 3. The van der Waals surface area contributed by atoms with Crippen molar-refractivity contribution in [2.45, 2.75) is 31.9 Å². The first-order chi connectivity index (χ1) is 15.0. The quantitative estimate of drug-likeness (QED) is 0.395. The number of amides is 1. The van der Waals surface area contributed by atoms with Crippen molar-refractivity contribution in [1.29, 1.82) is 5.26 Å². The largest absolute Gasteiger partial charge is 0.508 e. The first-order valence-corrected chi connectivity index (χ1v) is 9.86. The molecule has 0 heterocycles. The molecule has 1 fully saturated rings. The summed E-state index contributed by atoms with van der Waals surface area (Å²) in [7, 11) is 3.05. The van der Waals surface area contributed by atoms with Crippen molar-refractivity contribution in [2.75, 3.05) is 14.1 Å². The van der Waals surface area contributed by atoms with Crippen LogP contribution in [0, 0.1) is 23.2 Å². The summed E-state index contributed by atoms with van der Waals surface area (Å²) in [5.74, 6) is -7.14. The summed E-state index contributed by atoms with van der Waals surface area (Å²) >= 11 is 0. The van der Waals surface area contributed by atoms with Gasteiger partial charge in [0.25, 0.3) is 5.91 Å². The number of ketones is 2. The van der Waals surface area contributed by atoms with Crippen molar-refractivity contribution in [3.05, 3.63) is 45.7 Å². The van der Waals surface area contributed by atoms with Crippen LogP contribution in [0.4, 0.5) is 0 Å². The van der Waals surface area contributed by atoms with Crippen LogP contribution in [0.5, 0.6) is 5.75 Å². The molecule has 4 atom stereocenters. The summed E-state index contributed by atoms with van der Waals surface area (Å²) in [6.07, 6.45) is 0.0676. The molecule has 33 heavy (non-hydrogen) atoms. The lowest BCUT2D eigenvalue weighted by Gasteiger charge is -2.50. The van der Waals surface area contributed by atoms with Gasteiger partial charge in [0.15, 0.2) is 11.4 Å². The van der Waals surface area contributed by atoms with E-state index < -0.39 is 58.0 Å². The predicted octanol–water partition coefficient (Wildman–Crippen LogP) is 0.472. The van der Waals surface area contributed by atoms with E-state index in [1.807, 2.05) is 6.07 Å². The zero-order valence-electron chi connectivity index (χ0n) is 17.3. The number of hydrogen-bond acceptors (Lipinski definition) is 9. The van der Waals surface area contributed by atoms with Gasteiger partial charge in [0, 0.05) is 11.5 Å². The normalized spacial score (nSPS) is 28.5. The molecule has 0 unspecified atom stereocenters. The van der Waals surface area contributed by atoms with Crippen LogP contribution in [0.1, 0.15) is 30.5 Å². The maximum absolute atomic E-state index is 13.6. The van der Waals surface area contributed by atoms with Crippen LogP contribution < -0.4 is 5.73 Å². The number of nitrogens with zero attached hydrogens (tertiary/aromatic N) is 2. The average Bonchev–Trinajstić information content (AvgIpc) is 2.70. The van der Waals surface area contributed by atoms with Gasteiger partial charge in [-0.2, -0.15) is 5.26 Å². The van der Waals surface area contributed by atoms with E-state index in [0.717, 1.165) is 0 Å². The minimum Gasteiger partial charge on any atom is -0.508 e. The predicted molar refractivity (Wildman–Crippen MR) is 116 cm³/mol. The van der Waals surface area contributed by atoms with Crippen molar-refractivity contribution < 1.29 is 34.8 Å². The van der Waals surface area contributed by atoms with Gasteiger partial charge in [0.2, 0.25) is 5.78 Å². The summed E-state index contributed by atoms with van der Waals surface area (Å²) in [4.78, 5) is 39.9. The molecule has 3 aliphatic rings. The van der Waals surface area contributed by atoms with Crippen LogP contribution in [-0.4, -0.2) is 68.5 Å². The number of nitrogens with two attached hydrogens (primary N) is 1. The highest BCUT2D eigenvalue weighted by atomic mass is 16.3. The summed E-state index contributed by atoms with van der Waals surface area (Å²) in [5, 5.41) is 52.8. The monoisotopic (exact) mass is 455 g/mol. The number of nitriles is 1. The second kappa shape index (κ2) is 7.72. The molecule has 0 spiro atoms. The first kappa shape index (κ1) is 24.0. The molecule has 0 aliphatic heterocycles. The third-order valence-electron chi connectivity index (χ3n) is 6.72. The molecule has 0 bridgehead atoms. The molecule has 0 radical (unpaired) electrons. The lowest BCUT2D eigenvalue weighted by atomic mass is 9.57. The van der Waals surface area contributed by atoms with Crippen LogP contribution in [0.2, 0.25) is 0 Å². The minimum atomic E-state index is -2.67. The molecule has 1 amide bonds. The summed E-state index contributed by atoms with van der Waals surface area (Å²) < 4.78 is 0. The number of phenolic OH excluding ortho intramolecular Hbond substituents is 1. The smallest absolute Gasteiger partial charge is 0.255 e. The number of primary amides is 1. The Balaban J connectivity index is 0.00000306. The fourth-order valence-electron chi connectivity index (χ4n) is 5.35. The minimum absolute atomic E-state index is 0. The second-order valence-corrected chi connectivity index (χ2v) is 8.56. The molecule has 10 nitrogen and oxygen atoms in total. The van der Waals surface area contributed by atoms with Crippen molar-refractivity contribution in [1.82, 2.24) is 4.90 Å². The van der Waals surface area contributed by atoms with E-state index in [4.69, 9.17) is 5.73 Å². The topological polar surface area (TPSA) is 185 Å². The fourth-order valence-corrected chi connectivity index (χ4v) is 5.35. The van der Waals surface area contributed by atoms with Crippen LogP contribution in [0.25, 0.3) is 5.76 Å². The number of fused-ring (bicyclic) bond motifs is 3. The number of Topliss-reactive ketones (excluding diaryl/α,β-unsaturated/α-hetero) is 2. The zero-order valence-corrected chi connectivity index (χ0v) is 17.3. The third-order valence-corrected chi connectivity index (χ3v) is 6.72. The second-order valence-electron chi connectivity index (χ2n) is 8.56. The Labute approximate surface area is 189 Å². The lowest BCUT2D eigenvalue weighted by molar-refractivity contribution is -0.153. The van der Waals surface area contributed by atoms with Crippen LogP contribution in [0.15, 0.2) is 29.0 Å². The number of aliphatic hydroxyl groups excluding tert-OH is 2. The molecule has 1 aromatic rings. The van der Waals surface area contributed by atoms with E-state index in [1.165, 1.54) is 31.1 Å². The van der Waals surface area contributed by atoms with Gasteiger partial charge in [-0.3, -0.25) is 19.3 Å². The Kier molecular flexibility index (Phi) is 5.61. The molecular weight excluding hydrogens is 430 g/mol. The molecular formula is C23H25N3O7. The number of benzene rings is 1. The lowest BCUT2D eigenvalue weighted by Crippen LogP contribution is -2.65. The van der Waals surface area contributed by atoms with Gasteiger partial charge in [0.1, 0.15) is 22.8 Å². The molecule has 4 rings (SSSR count). The average molecular weight is 455 g/mol. The van der Waals surface area contributed by atoms with Gasteiger partial charge in [-0.15, -0.1) is 0 Å². The number of rotatable bonds is 2. The highest BCUT2D eigenvalue weighted by molar-refractivity contribution is 6.24. The highest BCUT2D eigenvalue weighted by Gasteiger charge is 2.64. The van der Waals surface area contributed by atoms with E-state index in [1.54, 1.807) is 0 Å². The SMILES string of the molecule is C.CN(C)[C@@H]1C(=O)C(C(N)=O)=C(O)[C@@]2(O)C(=O)C3=C(O)c4c(O)ccc(C#N)c4C[C@H]3C[C@@H]12. The van der Waals surface area contributed by atoms with E-state index in [-0.39, 0.29) is 42.7 Å². The highest BCUT2D eigenvalue weighted by Crippen LogP contribution is 2.52. The maximum atomic E-state index is 13.6. The number of aliphatic hydroxyl groups is 3. The molecule has 1 saturated carbocycles. The fraction of sp³-hybridized carbons (Fsp3) is 0.391. The Morgan fingerprint density at radius 2 is 1.88 bits per heavy atom. The first-order valence-electron chi connectivity index (χ1n) is 9.86. The maximum Gasteiger partial charge on any atom is 0.255 e. The van der Waals surface area contributed by atoms with Gasteiger partial charge >= 0.3 is 0 Å². The van der Waals surface area contributed by atoms with Crippen molar-refractivity contribution >= 4 is 23.2 Å². The molecule has 6 N–H and O–H groups in total. The van der Waals surface area contributed by atoms with Gasteiger partial charge in [-0.1, -0.05) is 7.43 Å². The molecule has 3 aliphatic carbocycles. The van der Waals surface area contributed by atoms with Crippen LogP contribution >= 0.6 is 0 Å². The van der Waals surface area contributed by atoms with Gasteiger partial charge in [0.05, 0.1) is 23.2 Å². The standard InChI is InChI=1S/C22H21N3O7.CH4/c1-25(2)16-11-6-9-5-10-8(7-23)3-4-12(26)14(10)17(27)13(9)19(29)22(11,32)20(30)15(18(16)28)21(24)31;/h3-4,9,11,16,26-27,30,32H,5-6H2,1-2H3,(H2,24,31);1H4/t9-,11-,16-,22-;/m0./s1. The molecule has 1 aromatic carbocycles. The van der Waals surface area contributed by atoms with Crippen LogP contribution in [0.3, 0.4) is 0 Å². The number of hydrogen-bond donors (Lipinski definition) is 5. The van der Waals surface area contributed by atoms with Crippen molar-refractivity contribution in [2.24, 2.45) is 17.6 Å². The number of aromatic hydroxyl groups is 1. The van der Waals surface area contributed by atoms with Gasteiger partial charge in [-0.05, 0) is 50.6 Å². The number of likely N-dealkylation sites (N-methyl/N-ethyl adjacent to an activating group) is 1. The van der Waals surface area contributed by atoms with Crippen LogP contribution in [-0.2, 0) is 20.8 Å². The third kappa shape index (κ3) is 2.97. The molecule has 0 saturated heterocycles. The Bertz CT molecular complexity index is 1210. The Hall–Kier alpha value is -3.68. The summed E-state index contributed by atoms with van der Waals surface area (Å²) in [6.45, 7) is 0. The summed E-state index contributed by atoms with van der Waals surface area (Å²) in [6, 6.07) is 3.45. The molecule has 10 heteroatoms. The zero-order chi connectivity index (χ0) is 23.7. The Morgan fingerprint density at radius 3 is 2.42 bits per heavy atom. The van der Waals surface area contributed by atoms with E-state index >= 15 is 0 Å². The molecule has 174 valence electrons. The number of phenols is 1. The van der Waals surface area contributed by atoms with E-state index in [0.29, 0.717) is 5.56 Å². The van der Waals surface area contributed by atoms with Gasteiger partial charge in [-0.25, -0.2) is 0 Å². The van der Waals surface area contributed by atoms with Crippen molar-refractivity contribution in [3.8, 4) is 11.8 Å². The van der Waals surface area contributed by atoms with Gasteiger partial charge < -0.3 is 26.2 Å². The molecule has 0 aromatic heterocycles. The summed E-state index contributed by atoms with van der Waals surface area (Å²) in [5.41, 5.74) is 1.94. The Morgan fingerprint density at radius 1 is 1.24 bits per heavy atom.